The van der Waals surface area contributed by atoms with Crippen LogP contribution in [0.3, 0.4) is 0 Å². The molecule has 3 aromatic rings. The van der Waals surface area contributed by atoms with E-state index in [9.17, 15) is 9.59 Å². The lowest BCUT2D eigenvalue weighted by molar-refractivity contribution is -0.133. The molecular weight excluding hydrogens is 420 g/mol. The Labute approximate surface area is 192 Å². The molecule has 32 heavy (non-hydrogen) atoms. The summed E-state index contributed by atoms with van der Waals surface area (Å²) in [7, 11) is 1.67. The Bertz CT molecular complexity index is 1130. The van der Waals surface area contributed by atoms with E-state index >= 15 is 0 Å². The summed E-state index contributed by atoms with van der Waals surface area (Å²) in [4.78, 5) is 38.1. The second-order valence-electron chi connectivity index (χ2n) is 8.42. The molecule has 1 aliphatic heterocycles. The van der Waals surface area contributed by atoms with Crippen LogP contribution in [-0.4, -0.2) is 46.8 Å². The van der Waals surface area contributed by atoms with Crippen molar-refractivity contribution >= 4 is 23.2 Å². The Morgan fingerprint density at radius 1 is 1.19 bits per heavy atom. The van der Waals surface area contributed by atoms with E-state index in [4.69, 9.17) is 0 Å². The maximum atomic E-state index is 13.4. The van der Waals surface area contributed by atoms with Crippen LogP contribution in [0.2, 0.25) is 0 Å². The van der Waals surface area contributed by atoms with Crippen molar-refractivity contribution in [3.05, 3.63) is 70.6 Å². The van der Waals surface area contributed by atoms with Crippen molar-refractivity contribution in [2.45, 2.75) is 33.1 Å². The Morgan fingerprint density at radius 3 is 2.72 bits per heavy atom. The molecule has 4 rings (SSSR count). The average molecular weight is 449 g/mol. The fraction of sp³-hybridized carbons (Fsp3) is 0.360. The van der Waals surface area contributed by atoms with E-state index in [2.05, 4.69) is 38.9 Å². The largest absolute Gasteiger partial charge is 0.359 e. The van der Waals surface area contributed by atoms with Crippen LogP contribution in [0.1, 0.15) is 40.3 Å². The minimum absolute atomic E-state index is 0.0205. The molecule has 1 aromatic carbocycles. The lowest BCUT2D eigenvalue weighted by Crippen LogP contribution is -2.54. The van der Waals surface area contributed by atoms with E-state index in [0.717, 1.165) is 24.0 Å². The van der Waals surface area contributed by atoms with Gasteiger partial charge in [0, 0.05) is 31.2 Å². The molecular formula is C25H28N4O2S. The SMILES string of the molecule is CNC(=O)C1(Cc2ccccc2-c2cccs2)CCCN(C(=O)c2cnc(C)nc2C)C1. The van der Waals surface area contributed by atoms with Gasteiger partial charge in [-0.15, -0.1) is 11.3 Å². The minimum atomic E-state index is -0.685. The Hall–Kier alpha value is -3.06. The van der Waals surface area contributed by atoms with Crippen molar-refractivity contribution in [2.75, 3.05) is 20.1 Å². The van der Waals surface area contributed by atoms with Crippen LogP contribution >= 0.6 is 11.3 Å². The molecule has 6 nitrogen and oxygen atoms in total. The molecule has 0 saturated carbocycles. The monoisotopic (exact) mass is 448 g/mol. The molecule has 0 spiro atoms. The number of rotatable bonds is 5. The van der Waals surface area contributed by atoms with E-state index in [1.807, 2.05) is 32.0 Å². The van der Waals surface area contributed by atoms with Crippen LogP contribution in [0.5, 0.6) is 0 Å². The molecule has 1 fully saturated rings. The van der Waals surface area contributed by atoms with Crippen molar-refractivity contribution < 1.29 is 9.59 Å². The quantitative estimate of drug-likeness (QED) is 0.639. The van der Waals surface area contributed by atoms with Gasteiger partial charge in [0.2, 0.25) is 5.91 Å². The third kappa shape index (κ3) is 4.30. The number of hydrogen-bond acceptors (Lipinski definition) is 5. The summed E-state index contributed by atoms with van der Waals surface area (Å²) in [5.74, 6) is 0.512. The standard InChI is InChI=1S/C25H28N4O2S/c1-17-21(15-27-18(2)28-17)23(30)29-12-7-11-25(16-29,24(31)26-3)14-19-8-4-5-9-20(19)22-10-6-13-32-22/h4-6,8-10,13,15H,7,11-12,14,16H2,1-3H3,(H,26,31). The third-order valence-corrected chi connectivity index (χ3v) is 7.14. The zero-order valence-corrected chi connectivity index (χ0v) is 19.5. The molecule has 2 amide bonds. The number of benzene rings is 1. The van der Waals surface area contributed by atoms with Gasteiger partial charge in [-0.2, -0.15) is 0 Å². The third-order valence-electron chi connectivity index (χ3n) is 6.24. The van der Waals surface area contributed by atoms with Gasteiger partial charge >= 0.3 is 0 Å². The van der Waals surface area contributed by atoms with E-state index in [1.165, 1.54) is 4.88 Å². The topological polar surface area (TPSA) is 75.2 Å². The van der Waals surface area contributed by atoms with Gasteiger partial charge in [0.05, 0.1) is 16.7 Å². The number of amides is 2. The highest BCUT2D eigenvalue weighted by Gasteiger charge is 2.43. The van der Waals surface area contributed by atoms with Gasteiger partial charge in [0.25, 0.3) is 5.91 Å². The smallest absolute Gasteiger partial charge is 0.257 e. The van der Waals surface area contributed by atoms with Gasteiger partial charge in [-0.1, -0.05) is 30.3 Å². The van der Waals surface area contributed by atoms with Crippen molar-refractivity contribution in [1.82, 2.24) is 20.2 Å². The summed E-state index contributed by atoms with van der Waals surface area (Å²) < 4.78 is 0. The van der Waals surface area contributed by atoms with Gasteiger partial charge in [0.1, 0.15) is 5.82 Å². The first-order chi connectivity index (χ1) is 15.4. The first-order valence-electron chi connectivity index (χ1n) is 10.9. The summed E-state index contributed by atoms with van der Waals surface area (Å²) in [6.45, 7) is 4.63. The molecule has 1 N–H and O–H groups in total. The average Bonchev–Trinajstić information content (AvgIpc) is 3.33. The van der Waals surface area contributed by atoms with Crippen LogP contribution in [-0.2, 0) is 11.2 Å². The Balaban J connectivity index is 1.67. The number of nitrogens with zero attached hydrogens (tertiary/aromatic N) is 3. The predicted octanol–water partition coefficient (Wildman–Crippen LogP) is 4.03. The molecule has 0 aliphatic carbocycles. The molecule has 1 atom stereocenters. The van der Waals surface area contributed by atoms with E-state index in [1.54, 1.807) is 29.5 Å². The maximum absolute atomic E-state index is 13.4. The van der Waals surface area contributed by atoms with Gasteiger partial charge in [-0.25, -0.2) is 9.97 Å². The van der Waals surface area contributed by atoms with Gasteiger partial charge in [-0.05, 0) is 55.7 Å². The van der Waals surface area contributed by atoms with Crippen LogP contribution in [0.25, 0.3) is 10.4 Å². The highest BCUT2D eigenvalue weighted by Crippen LogP contribution is 2.38. The predicted molar refractivity (Wildman–Crippen MR) is 127 cm³/mol. The first kappa shape index (κ1) is 22.1. The molecule has 166 valence electrons. The van der Waals surface area contributed by atoms with Crippen LogP contribution in [0, 0.1) is 19.3 Å². The second kappa shape index (κ2) is 9.20. The van der Waals surface area contributed by atoms with Gasteiger partial charge in [0.15, 0.2) is 0 Å². The molecule has 7 heteroatoms. The fourth-order valence-electron chi connectivity index (χ4n) is 4.65. The number of piperidine rings is 1. The van der Waals surface area contributed by atoms with Crippen LogP contribution < -0.4 is 5.32 Å². The number of aromatic nitrogens is 2. The number of nitrogens with one attached hydrogen (secondary N) is 1. The molecule has 0 bridgehead atoms. The number of carbonyl (C=O) groups is 2. The minimum Gasteiger partial charge on any atom is -0.359 e. The number of thiophene rings is 1. The highest BCUT2D eigenvalue weighted by atomic mass is 32.1. The summed E-state index contributed by atoms with van der Waals surface area (Å²) in [5.41, 5.74) is 2.76. The number of likely N-dealkylation sites (tertiary alicyclic amines) is 1. The lowest BCUT2D eigenvalue weighted by atomic mass is 9.73. The summed E-state index contributed by atoms with van der Waals surface area (Å²) in [5, 5.41) is 4.93. The van der Waals surface area contributed by atoms with E-state index in [-0.39, 0.29) is 11.8 Å². The van der Waals surface area contributed by atoms with Crippen molar-refractivity contribution in [2.24, 2.45) is 5.41 Å². The summed E-state index contributed by atoms with van der Waals surface area (Å²) in [6.07, 6.45) is 3.68. The fourth-order valence-corrected chi connectivity index (χ4v) is 5.44. The summed E-state index contributed by atoms with van der Waals surface area (Å²) >= 11 is 1.69. The highest BCUT2D eigenvalue weighted by molar-refractivity contribution is 7.13. The molecule has 0 radical (unpaired) electrons. The van der Waals surface area contributed by atoms with E-state index in [0.29, 0.717) is 36.6 Å². The van der Waals surface area contributed by atoms with E-state index < -0.39 is 5.41 Å². The van der Waals surface area contributed by atoms with Crippen LogP contribution in [0.4, 0.5) is 0 Å². The number of carbonyl (C=O) groups excluding carboxylic acids is 2. The molecule has 1 aliphatic rings. The first-order valence-corrected chi connectivity index (χ1v) is 11.7. The van der Waals surface area contributed by atoms with Gasteiger partial charge in [-0.3, -0.25) is 9.59 Å². The van der Waals surface area contributed by atoms with Crippen LogP contribution in [0.15, 0.2) is 48.0 Å². The molecule has 2 aromatic heterocycles. The number of hydrogen-bond donors (Lipinski definition) is 1. The summed E-state index contributed by atoms with van der Waals surface area (Å²) in [6, 6.07) is 12.4. The van der Waals surface area contributed by atoms with Crippen molar-refractivity contribution in [1.29, 1.82) is 0 Å². The number of aryl methyl sites for hydroxylation is 2. The maximum Gasteiger partial charge on any atom is 0.257 e. The molecule has 1 unspecified atom stereocenters. The van der Waals surface area contributed by atoms with Crippen molar-refractivity contribution in [3.8, 4) is 10.4 Å². The normalized spacial score (nSPS) is 18.4. The Kier molecular flexibility index (Phi) is 6.37. The second-order valence-corrected chi connectivity index (χ2v) is 9.36. The van der Waals surface area contributed by atoms with Gasteiger partial charge < -0.3 is 10.2 Å². The zero-order valence-electron chi connectivity index (χ0n) is 18.7. The molecule has 1 saturated heterocycles. The zero-order chi connectivity index (χ0) is 22.7. The van der Waals surface area contributed by atoms with Crippen molar-refractivity contribution in [3.63, 3.8) is 0 Å². The lowest BCUT2D eigenvalue weighted by Gasteiger charge is -2.42. The molecule has 3 heterocycles. The Morgan fingerprint density at radius 2 is 2.00 bits per heavy atom.